The summed E-state index contributed by atoms with van der Waals surface area (Å²) in [7, 11) is 0. The molecule has 6 heteroatoms. The number of aromatic nitrogens is 2. The molecule has 18 heavy (non-hydrogen) atoms. The molecule has 92 valence electrons. The van der Waals surface area contributed by atoms with Crippen LogP contribution >= 0.6 is 22.6 Å². The summed E-state index contributed by atoms with van der Waals surface area (Å²) in [4.78, 5) is 18.7. The lowest BCUT2D eigenvalue weighted by Crippen LogP contribution is -2.10. The third-order valence-electron chi connectivity index (χ3n) is 2.33. The topological polar surface area (TPSA) is 75.1 Å². The number of hydrogen-bond donors (Lipinski definition) is 2. The van der Waals surface area contributed by atoms with Gasteiger partial charge in [0, 0.05) is 15.5 Å². The minimum Gasteiger partial charge on any atom is -0.478 e. The summed E-state index contributed by atoms with van der Waals surface area (Å²) in [6.45, 7) is 0.352. The number of hydrogen-bond acceptors (Lipinski definition) is 4. The van der Waals surface area contributed by atoms with E-state index >= 15 is 0 Å². The van der Waals surface area contributed by atoms with E-state index in [1.54, 1.807) is 0 Å². The fourth-order valence-corrected chi connectivity index (χ4v) is 1.79. The first-order valence-electron chi connectivity index (χ1n) is 5.18. The van der Waals surface area contributed by atoms with Gasteiger partial charge >= 0.3 is 5.97 Å². The summed E-state index contributed by atoms with van der Waals surface area (Å²) in [6, 6.07) is 7.81. The van der Waals surface area contributed by atoms with Gasteiger partial charge in [0.05, 0.1) is 12.2 Å². The largest absolute Gasteiger partial charge is 0.478 e. The van der Waals surface area contributed by atoms with Crippen LogP contribution in [0.3, 0.4) is 0 Å². The number of carboxylic acids is 1. The van der Waals surface area contributed by atoms with Gasteiger partial charge < -0.3 is 10.4 Å². The average molecular weight is 355 g/mol. The van der Waals surface area contributed by atoms with Crippen molar-refractivity contribution < 1.29 is 9.90 Å². The van der Waals surface area contributed by atoms with Crippen molar-refractivity contribution in [2.24, 2.45) is 0 Å². The van der Waals surface area contributed by atoms with Crippen molar-refractivity contribution in [2.45, 2.75) is 6.54 Å². The SMILES string of the molecule is O=C(O)c1cncnc1CNc1ccc(I)cc1. The Labute approximate surface area is 117 Å². The molecule has 1 aromatic carbocycles. The van der Waals surface area contributed by atoms with Crippen LogP contribution in [0.25, 0.3) is 0 Å². The maximum Gasteiger partial charge on any atom is 0.339 e. The molecule has 2 aromatic rings. The van der Waals surface area contributed by atoms with Crippen LogP contribution in [0, 0.1) is 3.57 Å². The standard InChI is InChI=1S/C12H10IN3O2/c13-8-1-3-9(4-2-8)15-6-11-10(12(17)18)5-14-7-16-11/h1-5,7,15H,6H2,(H,17,18). The van der Waals surface area contributed by atoms with Crippen molar-refractivity contribution in [3.63, 3.8) is 0 Å². The molecule has 0 saturated carbocycles. The molecule has 1 heterocycles. The number of aromatic carboxylic acids is 1. The van der Waals surface area contributed by atoms with Gasteiger partial charge in [-0.3, -0.25) is 0 Å². The third kappa shape index (κ3) is 3.16. The van der Waals surface area contributed by atoms with E-state index in [-0.39, 0.29) is 5.56 Å². The number of carboxylic acid groups (broad SMARTS) is 1. The number of benzene rings is 1. The molecule has 0 saturated heterocycles. The number of nitrogens with one attached hydrogen (secondary N) is 1. The summed E-state index contributed by atoms with van der Waals surface area (Å²) in [5, 5.41) is 12.1. The van der Waals surface area contributed by atoms with E-state index in [1.165, 1.54) is 12.5 Å². The smallest absolute Gasteiger partial charge is 0.339 e. The van der Waals surface area contributed by atoms with Gasteiger partial charge in [0.25, 0.3) is 0 Å². The fourth-order valence-electron chi connectivity index (χ4n) is 1.43. The van der Waals surface area contributed by atoms with E-state index in [4.69, 9.17) is 5.11 Å². The van der Waals surface area contributed by atoms with Crippen LogP contribution in [0.5, 0.6) is 0 Å². The first kappa shape index (κ1) is 12.7. The molecule has 1 aromatic heterocycles. The Morgan fingerprint density at radius 3 is 2.72 bits per heavy atom. The van der Waals surface area contributed by atoms with Gasteiger partial charge in [0.1, 0.15) is 11.9 Å². The predicted molar refractivity (Wildman–Crippen MR) is 75.5 cm³/mol. The van der Waals surface area contributed by atoms with Gasteiger partial charge in [-0.2, -0.15) is 0 Å². The molecule has 0 spiro atoms. The molecule has 2 N–H and O–H groups in total. The maximum absolute atomic E-state index is 11.0. The van der Waals surface area contributed by atoms with Gasteiger partial charge in [-0.05, 0) is 46.9 Å². The van der Waals surface area contributed by atoms with Gasteiger partial charge in [-0.15, -0.1) is 0 Å². The molecule has 0 aliphatic rings. The Kier molecular flexibility index (Phi) is 4.08. The monoisotopic (exact) mass is 355 g/mol. The second-order valence-electron chi connectivity index (χ2n) is 3.55. The number of carbonyl (C=O) groups is 1. The summed E-state index contributed by atoms with van der Waals surface area (Å²) in [6.07, 6.45) is 2.65. The molecule has 0 aliphatic carbocycles. The number of nitrogens with zero attached hydrogens (tertiary/aromatic N) is 2. The fraction of sp³-hybridized carbons (Fsp3) is 0.0833. The molecule has 0 unspecified atom stereocenters. The van der Waals surface area contributed by atoms with Crippen LogP contribution in [0.1, 0.15) is 16.1 Å². The molecule has 0 fully saturated rings. The van der Waals surface area contributed by atoms with Crippen molar-refractivity contribution in [1.82, 2.24) is 9.97 Å². The highest BCUT2D eigenvalue weighted by Crippen LogP contribution is 2.13. The lowest BCUT2D eigenvalue weighted by Gasteiger charge is -2.07. The normalized spacial score (nSPS) is 10.1. The van der Waals surface area contributed by atoms with E-state index in [9.17, 15) is 4.79 Å². The highest BCUT2D eigenvalue weighted by atomic mass is 127. The van der Waals surface area contributed by atoms with Crippen LogP contribution in [0.4, 0.5) is 5.69 Å². The van der Waals surface area contributed by atoms with Crippen LogP contribution < -0.4 is 5.32 Å². The molecule has 0 radical (unpaired) electrons. The van der Waals surface area contributed by atoms with Crippen LogP contribution in [0.15, 0.2) is 36.8 Å². The Morgan fingerprint density at radius 2 is 2.06 bits per heavy atom. The Morgan fingerprint density at radius 1 is 1.33 bits per heavy atom. The highest BCUT2D eigenvalue weighted by molar-refractivity contribution is 14.1. The zero-order chi connectivity index (χ0) is 13.0. The molecule has 0 bridgehead atoms. The molecule has 0 atom stereocenters. The molecule has 0 amide bonds. The second-order valence-corrected chi connectivity index (χ2v) is 4.79. The van der Waals surface area contributed by atoms with E-state index in [0.29, 0.717) is 12.2 Å². The van der Waals surface area contributed by atoms with Crippen LogP contribution in [-0.4, -0.2) is 21.0 Å². The van der Waals surface area contributed by atoms with Gasteiger partial charge in [-0.1, -0.05) is 0 Å². The van der Waals surface area contributed by atoms with E-state index < -0.39 is 5.97 Å². The Hall–Kier alpha value is -1.70. The number of halogens is 1. The summed E-state index contributed by atoms with van der Waals surface area (Å²) >= 11 is 2.22. The highest BCUT2D eigenvalue weighted by Gasteiger charge is 2.10. The number of rotatable bonds is 4. The average Bonchev–Trinajstić information content (AvgIpc) is 2.38. The molecular formula is C12H10IN3O2. The zero-order valence-corrected chi connectivity index (χ0v) is 11.5. The van der Waals surface area contributed by atoms with E-state index in [1.807, 2.05) is 24.3 Å². The van der Waals surface area contributed by atoms with Crippen molar-refractivity contribution in [3.05, 3.63) is 51.6 Å². The lowest BCUT2D eigenvalue weighted by molar-refractivity contribution is 0.0694. The summed E-state index contributed by atoms with van der Waals surface area (Å²) < 4.78 is 1.14. The minimum absolute atomic E-state index is 0.121. The lowest BCUT2D eigenvalue weighted by atomic mass is 10.2. The first-order chi connectivity index (χ1) is 8.66. The maximum atomic E-state index is 11.0. The predicted octanol–water partition coefficient (Wildman–Crippen LogP) is 2.39. The van der Waals surface area contributed by atoms with Crippen molar-refractivity contribution in [3.8, 4) is 0 Å². The van der Waals surface area contributed by atoms with Gasteiger partial charge in [-0.25, -0.2) is 14.8 Å². The molecular weight excluding hydrogens is 345 g/mol. The minimum atomic E-state index is -1.02. The summed E-state index contributed by atoms with van der Waals surface area (Å²) in [5.41, 5.74) is 1.51. The van der Waals surface area contributed by atoms with Crippen molar-refractivity contribution in [1.29, 1.82) is 0 Å². The van der Waals surface area contributed by atoms with E-state index in [0.717, 1.165) is 9.26 Å². The van der Waals surface area contributed by atoms with Gasteiger partial charge in [0.15, 0.2) is 0 Å². The third-order valence-corrected chi connectivity index (χ3v) is 3.05. The van der Waals surface area contributed by atoms with Crippen molar-refractivity contribution >= 4 is 34.2 Å². The van der Waals surface area contributed by atoms with E-state index in [2.05, 4.69) is 37.9 Å². The first-order valence-corrected chi connectivity index (χ1v) is 6.26. The Bertz CT molecular complexity index is 558. The second kappa shape index (κ2) is 5.76. The van der Waals surface area contributed by atoms with Gasteiger partial charge in [0.2, 0.25) is 0 Å². The molecule has 2 rings (SSSR count). The Balaban J connectivity index is 2.10. The van der Waals surface area contributed by atoms with Crippen LogP contribution in [0.2, 0.25) is 0 Å². The van der Waals surface area contributed by atoms with Crippen LogP contribution in [-0.2, 0) is 6.54 Å². The zero-order valence-electron chi connectivity index (χ0n) is 9.30. The number of anilines is 1. The summed E-state index contributed by atoms with van der Waals surface area (Å²) in [5.74, 6) is -1.02. The van der Waals surface area contributed by atoms with Crippen molar-refractivity contribution in [2.75, 3.05) is 5.32 Å². The molecule has 0 aliphatic heterocycles. The quantitative estimate of drug-likeness (QED) is 0.824. The molecule has 5 nitrogen and oxygen atoms in total.